The Kier molecular flexibility index (Phi) is 6.03. The summed E-state index contributed by atoms with van der Waals surface area (Å²) in [5.41, 5.74) is 6.35. The molecule has 5 aromatic rings. The highest BCUT2D eigenvalue weighted by atomic mass is 16.5. The Morgan fingerprint density at radius 2 is 1.65 bits per heavy atom. The number of fused-ring (bicyclic) bond motifs is 1. The lowest BCUT2D eigenvalue weighted by Crippen LogP contribution is -2.37. The van der Waals surface area contributed by atoms with E-state index in [0.29, 0.717) is 30.3 Å². The molecule has 1 fully saturated rings. The number of benzene rings is 2. The first-order valence-corrected chi connectivity index (χ1v) is 12.1. The summed E-state index contributed by atoms with van der Waals surface area (Å²) in [5, 5.41) is 2.93. The molecule has 0 atom stereocenters. The maximum Gasteiger partial charge on any atom is 0.274 e. The Balaban J connectivity index is 1.22. The van der Waals surface area contributed by atoms with Crippen LogP contribution in [0.1, 0.15) is 16.1 Å². The van der Waals surface area contributed by atoms with Gasteiger partial charge in [-0.2, -0.15) is 0 Å². The Morgan fingerprint density at radius 1 is 0.919 bits per heavy atom. The molecule has 1 saturated heterocycles. The minimum atomic E-state index is -0.295. The van der Waals surface area contributed by atoms with Crippen LogP contribution in [0.5, 0.6) is 0 Å². The van der Waals surface area contributed by atoms with E-state index in [1.165, 1.54) is 6.33 Å². The van der Waals surface area contributed by atoms with Crippen LogP contribution in [0.4, 0.5) is 11.5 Å². The van der Waals surface area contributed by atoms with Gasteiger partial charge in [0.25, 0.3) is 5.91 Å². The largest absolute Gasteiger partial charge is 0.378 e. The Morgan fingerprint density at radius 3 is 2.43 bits per heavy atom. The summed E-state index contributed by atoms with van der Waals surface area (Å²) >= 11 is 0. The van der Waals surface area contributed by atoms with Gasteiger partial charge in [0.2, 0.25) is 0 Å². The van der Waals surface area contributed by atoms with Crippen molar-refractivity contribution in [2.24, 2.45) is 0 Å². The molecular formula is C28H25N7O2. The van der Waals surface area contributed by atoms with Crippen LogP contribution in [0.3, 0.4) is 0 Å². The van der Waals surface area contributed by atoms with Crippen molar-refractivity contribution in [3.05, 3.63) is 90.8 Å². The Labute approximate surface area is 213 Å². The average molecular weight is 492 g/mol. The predicted octanol–water partition coefficient (Wildman–Crippen LogP) is 4.25. The number of aryl methyl sites for hydroxylation is 1. The lowest BCUT2D eigenvalue weighted by molar-refractivity contribution is 0.102. The topological polar surface area (TPSA) is 97.5 Å². The zero-order valence-corrected chi connectivity index (χ0v) is 20.3. The van der Waals surface area contributed by atoms with Crippen molar-refractivity contribution >= 4 is 23.1 Å². The van der Waals surface area contributed by atoms with E-state index in [-0.39, 0.29) is 5.91 Å². The van der Waals surface area contributed by atoms with E-state index in [4.69, 9.17) is 9.72 Å². The quantitative estimate of drug-likeness (QED) is 0.393. The molecular weight excluding hydrogens is 466 g/mol. The van der Waals surface area contributed by atoms with Crippen molar-refractivity contribution in [2.45, 2.75) is 6.92 Å². The smallest absolute Gasteiger partial charge is 0.274 e. The normalized spacial score (nSPS) is 13.6. The molecule has 4 heterocycles. The molecule has 0 spiro atoms. The second-order valence-corrected chi connectivity index (χ2v) is 8.89. The average Bonchev–Trinajstić information content (AvgIpc) is 3.43. The summed E-state index contributed by atoms with van der Waals surface area (Å²) < 4.78 is 7.49. The second-order valence-electron chi connectivity index (χ2n) is 8.89. The van der Waals surface area contributed by atoms with Crippen molar-refractivity contribution in [1.82, 2.24) is 24.3 Å². The van der Waals surface area contributed by atoms with Crippen LogP contribution < -0.4 is 10.2 Å². The third-order valence-electron chi connectivity index (χ3n) is 6.35. The first kappa shape index (κ1) is 22.8. The number of morpholine rings is 1. The van der Waals surface area contributed by atoms with Crippen molar-refractivity contribution in [1.29, 1.82) is 0 Å². The molecule has 6 rings (SSSR count). The number of imidazole rings is 1. The highest BCUT2D eigenvalue weighted by Gasteiger charge is 2.18. The number of hydrogen-bond acceptors (Lipinski definition) is 7. The molecule has 9 nitrogen and oxygen atoms in total. The molecule has 0 aliphatic carbocycles. The van der Waals surface area contributed by atoms with E-state index in [0.717, 1.165) is 46.9 Å². The number of nitrogens with zero attached hydrogens (tertiary/aromatic N) is 6. The standard InChI is InChI=1S/C28H25N7O2/c1-19-2-4-20(5-3-19)23-16-24(31-18-30-23)28(36)32-22-8-6-21(7-9-22)25-17-35-11-10-29-26(35)27(33-25)34-12-14-37-15-13-34/h2-11,16-18H,12-15H2,1H3,(H,32,36). The van der Waals surface area contributed by atoms with Gasteiger partial charge in [-0.05, 0) is 25.1 Å². The zero-order chi connectivity index (χ0) is 25.2. The van der Waals surface area contributed by atoms with Gasteiger partial charge in [0.15, 0.2) is 11.5 Å². The van der Waals surface area contributed by atoms with E-state index in [1.807, 2.05) is 72.2 Å². The molecule has 3 aromatic heterocycles. The summed E-state index contributed by atoms with van der Waals surface area (Å²) in [4.78, 5) is 33.0. The molecule has 1 N–H and O–H groups in total. The molecule has 0 bridgehead atoms. The van der Waals surface area contributed by atoms with Gasteiger partial charge >= 0.3 is 0 Å². The number of carbonyl (C=O) groups is 1. The van der Waals surface area contributed by atoms with Crippen LogP contribution in [0.25, 0.3) is 28.2 Å². The van der Waals surface area contributed by atoms with E-state index >= 15 is 0 Å². The number of hydrogen-bond donors (Lipinski definition) is 1. The minimum absolute atomic E-state index is 0.295. The maximum absolute atomic E-state index is 12.9. The van der Waals surface area contributed by atoms with Gasteiger partial charge in [0.1, 0.15) is 12.0 Å². The summed E-state index contributed by atoms with van der Waals surface area (Å²) in [6.07, 6.45) is 7.08. The highest BCUT2D eigenvalue weighted by Crippen LogP contribution is 2.26. The van der Waals surface area contributed by atoms with Crippen LogP contribution in [0, 0.1) is 6.92 Å². The molecule has 9 heteroatoms. The van der Waals surface area contributed by atoms with Crippen LogP contribution in [0.2, 0.25) is 0 Å². The number of aromatic nitrogens is 5. The molecule has 184 valence electrons. The van der Waals surface area contributed by atoms with Gasteiger partial charge in [-0.3, -0.25) is 4.79 Å². The van der Waals surface area contributed by atoms with Crippen LogP contribution in [-0.4, -0.2) is 56.5 Å². The molecule has 0 unspecified atom stereocenters. The van der Waals surface area contributed by atoms with Gasteiger partial charge < -0.3 is 19.4 Å². The molecule has 1 amide bonds. The third kappa shape index (κ3) is 4.76. The van der Waals surface area contributed by atoms with E-state index in [2.05, 4.69) is 25.2 Å². The molecule has 2 aromatic carbocycles. The van der Waals surface area contributed by atoms with Crippen LogP contribution >= 0.6 is 0 Å². The zero-order valence-electron chi connectivity index (χ0n) is 20.3. The lowest BCUT2D eigenvalue weighted by Gasteiger charge is -2.28. The number of carbonyl (C=O) groups excluding carboxylic acids is 1. The third-order valence-corrected chi connectivity index (χ3v) is 6.35. The van der Waals surface area contributed by atoms with E-state index in [9.17, 15) is 4.79 Å². The Bertz CT molecular complexity index is 1560. The van der Waals surface area contributed by atoms with Gasteiger partial charge in [-0.15, -0.1) is 0 Å². The number of amides is 1. The second kappa shape index (κ2) is 9.79. The van der Waals surface area contributed by atoms with E-state index in [1.54, 1.807) is 12.3 Å². The highest BCUT2D eigenvalue weighted by molar-refractivity contribution is 6.03. The summed E-state index contributed by atoms with van der Waals surface area (Å²) in [7, 11) is 0. The first-order valence-electron chi connectivity index (χ1n) is 12.1. The lowest BCUT2D eigenvalue weighted by atomic mass is 10.1. The van der Waals surface area contributed by atoms with Crippen LogP contribution in [-0.2, 0) is 4.74 Å². The summed E-state index contributed by atoms with van der Waals surface area (Å²) in [5.74, 6) is 0.549. The number of nitrogens with one attached hydrogen (secondary N) is 1. The molecule has 1 aliphatic heterocycles. The molecule has 1 aliphatic rings. The minimum Gasteiger partial charge on any atom is -0.378 e. The predicted molar refractivity (Wildman–Crippen MR) is 142 cm³/mol. The van der Waals surface area contributed by atoms with Crippen molar-refractivity contribution in [3.63, 3.8) is 0 Å². The van der Waals surface area contributed by atoms with Crippen molar-refractivity contribution in [3.8, 4) is 22.5 Å². The van der Waals surface area contributed by atoms with Gasteiger partial charge in [0.05, 0.1) is 24.6 Å². The summed E-state index contributed by atoms with van der Waals surface area (Å²) in [6.45, 7) is 4.93. The van der Waals surface area contributed by atoms with Gasteiger partial charge in [0, 0.05) is 48.5 Å². The summed E-state index contributed by atoms with van der Waals surface area (Å²) in [6, 6.07) is 17.3. The van der Waals surface area contributed by atoms with Crippen molar-refractivity contribution in [2.75, 3.05) is 36.5 Å². The van der Waals surface area contributed by atoms with E-state index < -0.39 is 0 Å². The molecule has 37 heavy (non-hydrogen) atoms. The number of anilines is 2. The fourth-order valence-electron chi connectivity index (χ4n) is 4.32. The first-order chi connectivity index (χ1) is 18.1. The molecule has 0 radical (unpaired) electrons. The Hall–Kier alpha value is -4.63. The SMILES string of the molecule is Cc1ccc(-c2cc(C(=O)Nc3ccc(-c4cn5ccnc5c(N5CCOCC5)n4)cc3)ncn2)cc1. The molecule has 0 saturated carbocycles. The monoisotopic (exact) mass is 491 g/mol. The fourth-order valence-corrected chi connectivity index (χ4v) is 4.32. The van der Waals surface area contributed by atoms with Crippen LogP contribution in [0.15, 0.2) is 79.5 Å². The number of rotatable bonds is 5. The van der Waals surface area contributed by atoms with Crippen molar-refractivity contribution < 1.29 is 9.53 Å². The van der Waals surface area contributed by atoms with Gasteiger partial charge in [-0.1, -0.05) is 42.0 Å². The fraction of sp³-hybridized carbons (Fsp3) is 0.179. The maximum atomic E-state index is 12.9. The number of ether oxygens (including phenoxy) is 1. The van der Waals surface area contributed by atoms with Gasteiger partial charge in [-0.25, -0.2) is 19.9 Å².